The maximum Gasteiger partial charge on any atom is 0.335 e. The minimum absolute atomic E-state index is 0.132. The van der Waals surface area contributed by atoms with Gasteiger partial charge in [0.1, 0.15) is 5.82 Å². The molecule has 3 rings (SSSR count). The molecule has 0 radical (unpaired) electrons. The van der Waals surface area contributed by atoms with E-state index < -0.39 is 11.8 Å². The van der Waals surface area contributed by atoms with Crippen molar-refractivity contribution >= 4 is 22.8 Å². The average Bonchev–Trinajstić information content (AvgIpc) is 2.36. The molecule has 1 saturated heterocycles. The van der Waals surface area contributed by atoms with Crippen LogP contribution in [0.2, 0.25) is 0 Å². The summed E-state index contributed by atoms with van der Waals surface area (Å²) in [6, 6.07) is 2.30. The number of anilines is 1. The summed E-state index contributed by atoms with van der Waals surface area (Å²) in [5.74, 6) is -1.05. The third kappa shape index (κ3) is 2.39. The fourth-order valence-electron chi connectivity index (χ4n) is 1.94. The Hall–Kier alpha value is -2.28. The summed E-state index contributed by atoms with van der Waals surface area (Å²) in [5, 5.41) is 12.2. The number of fused-ring (bicyclic) bond motifs is 1. The Morgan fingerprint density at radius 2 is 2.30 bits per heavy atom. The molecule has 1 aromatic carbocycles. The van der Waals surface area contributed by atoms with Gasteiger partial charge in [0, 0.05) is 18.7 Å². The molecule has 0 aliphatic carbocycles. The first-order valence-electron chi connectivity index (χ1n) is 6.14. The number of rotatable bonds is 4. The molecule has 1 fully saturated rings. The number of halogens is 1. The third-order valence-corrected chi connectivity index (χ3v) is 3.15. The fourth-order valence-corrected chi connectivity index (χ4v) is 1.94. The Bertz CT molecular complexity index is 673. The van der Waals surface area contributed by atoms with Gasteiger partial charge in [-0.3, -0.25) is 0 Å². The summed E-state index contributed by atoms with van der Waals surface area (Å²) >= 11 is 0. The molecule has 6 nitrogen and oxygen atoms in total. The van der Waals surface area contributed by atoms with Crippen molar-refractivity contribution in [2.75, 3.05) is 25.1 Å². The molecule has 20 heavy (non-hydrogen) atoms. The number of hydrogen-bond acceptors (Lipinski definition) is 5. The molecule has 1 aromatic heterocycles. The van der Waals surface area contributed by atoms with Crippen molar-refractivity contribution in [2.24, 2.45) is 5.92 Å². The van der Waals surface area contributed by atoms with Crippen LogP contribution in [-0.2, 0) is 4.74 Å². The van der Waals surface area contributed by atoms with Gasteiger partial charge in [-0.15, -0.1) is 0 Å². The molecule has 2 aromatic rings. The number of nitrogens with one attached hydrogen (secondary N) is 1. The van der Waals surface area contributed by atoms with E-state index in [0.29, 0.717) is 31.6 Å². The fraction of sp³-hybridized carbons (Fsp3) is 0.308. The zero-order chi connectivity index (χ0) is 14.1. The van der Waals surface area contributed by atoms with Gasteiger partial charge in [0.2, 0.25) is 5.95 Å². The topological polar surface area (TPSA) is 84.3 Å². The predicted molar refractivity (Wildman–Crippen MR) is 69.3 cm³/mol. The van der Waals surface area contributed by atoms with E-state index in [-0.39, 0.29) is 16.5 Å². The minimum atomic E-state index is -1.19. The third-order valence-electron chi connectivity index (χ3n) is 3.15. The lowest BCUT2D eigenvalue weighted by Gasteiger charge is -2.25. The monoisotopic (exact) mass is 277 g/mol. The van der Waals surface area contributed by atoms with E-state index in [2.05, 4.69) is 15.3 Å². The largest absolute Gasteiger partial charge is 0.478 e. The number of ether oxygens (including phenoxy) is 1. The molecule has 0 unspecified atom stereocenters. The number of carboxylic acids is 1. The van der Waals surface area contributed by atoms with Gasteiger partial charge in [0.05, 0.1) is 29.7 Å². The van der Waals surface area contributed by atoms with E-state index >= 15 is 0 Å². The Kier molecular flexibility index (Phi) is 3.19. The first-order chi connectivity index (χ1) is 9.63. The molecule has 0 atom stereocenters. The van der Waals surface area contributed by atoms with Gasteiger partial charge in [-0.05, 0) is 12.1 Å². The molecular formula is C13H12FN3O3. The Balaban J connectivity index is 1.89. The van der Waals surface area contributed by atoms with E-state index in [1.165, 1.54) is 12.3 Å². The van der Waals surface area contributed by atoms with Crippen molar-refractivity contribution in [1.82, 2.24) is 9.97 Å². The van der Waals surface area contributed by atoms with Crippen molar-refractivity contribution in [2.45, 2.75) is 0 Å². The molecular weight excluding hydrogens is 265 g/mol. The second-order valence-corrected chi connectivity index (χ2v) is 4.67. The highest BCUT2D eigenvalue weighted by molar-refractivity contribution is 5.93. The molecule has 1 aliphatic rings. The van der Waals surface area contributed by atoms with E-state index in [1.54, 1.807) is 0 Å². The summed E-state index contributed by atoms with van der Waals surface area (Å²) in [4.78, 5) is 19.1. The summed E-state index contributed by atoms with van der Waals surface area (Å²) in [6.07, 6.45) is 1.35. The molecule has 7 heteroatoms. The van der Waals surface area contributed by atoms with Crippen LogP contribution in [-0.4, -0.2) is 40.8 Å². The molecule has 2 N–H and O–H groups in total. The highest BCUT2D eigenvalue weighted by Gasteiger charge is 2.18. The van der Waals surface area contributed by atoms with Crippen LogP contribution in [0.5, 0.6) is 0 Å². The lowest BCUT2D eigenvalue weighted by atomic mass is 10.1. The molecule has 0 spiro atoms. The highest BCUT2D eigenvalue weighted by atomic mass is 19.1. The Labute approximate surface area is 113 Å². The average molecular weight is 277 g/mol. The number of carbonyl (C=O) groups is 1. The quantitative estimate of drug-likeness (QED) is 0.881. The van der Waals surface area contributed by atoms with Crippen LogP contribution in [0.25, 0.3) is 10.9 Å². The summed E-state index contributed by atoms with van der Waals surface area (Å²) in [6.45, 7) is 2.09. The molecule has 0 saturated carbocycles. The molecule has 0 bridgehead atoms. The minimum Gasteiger partial charge on any atom is -0.478 e. The Morgan fingerprint density at radius 3 is 2.95 bits per heavy atom. The number of carboxylic acid groups (broad SMARTS) is 1. The van der Waals surface area contributed by atoms with Gasteiger partial charge in [-0.1, -0.05) is 0 Å². The van der Waals surface area contributed by atoms with Crippen LogP contribution in [0, 0.1) is 11.7 Å². The standard InChI is InChI=1S/C13H12FN3O3/c14-10-1-8(12(18)19)2-11-9(10)4-16-13(17-11)15-3-7-5-20-6-7/h1-2,4,7H,3,5-6H2,(H,18,19)(H,15,16,17). The second kappa shape index (κ2) is 5.01. The summed E-state index contributed by atoms with van der Waals surface area (Å²) < 4.78 is 18.8. The van der Waals surface area contributed by atoms with Crippen molar-refractivity contribution < 1.29 is 19.0 Å². The number of hydrogen-bond donors (Lipinski definition) is 2. The zero-order valence-corrected chi connectivity index (χ0v) is 10.5. The van der Waals surface area contributed by atoms with Gasteiger partial charge in [-0.25, -0.2) is 19.2 Å². The van der Waals surface area contributed by atoms with Crippen molar-refractivity contribution in [1.29, 1.82) is 0 Å². The number of aromatic nitrogens is 2. The predicted octanol–water partition coefficient (Wildman–Crippen LogP) is 1.53. The smallest absolute Gasteiger partial charge is 0.335 e. The summed E-state index contributed by atoms with van der Waals surface area (Å²) in [7, 11) is 0. The van der Waals surface area contributed by atoms with E-state index in [1.807, 2.05) is 0 Å². The zero-order valence-electron chi connectivity index (χ0n) is 10.5. The van der Waals surface area contributed by atoms with Gasteiger partial charge in [-0.2, -0.15) is 0 Å². The van der Waals surface area contributed by atoms with Crippen molar-refractivity contribution in [3.63, 3.8) is 0 Å². The van der Waals surface area contributed by atoms with E-state index in [0.717, 1.165) is 6.07 Å². The summed E-state index contributed by atoms with van der Waals surface area (Å²) in [5.41, 5.74) is 0.136. The van der Waals surface area contributed by atoms with Crippen molar-refractivity contribution in [3.8, 4) is 0 Å². The van der Waals surface area contributed by atoms with Gasteiger partial charge < -0.3 is 15.2 Å². The van der Waals surface area contributed by atoms with Gasteiger partial charge >= 0.3 is 5.97 Å². The number of nitrogens with zero attached hydrogens (tertiary/aromatic N) is 2. The van der Waals surface area contributed by atoms with Gasteiger partial charge in [0.15, 0.2) is 0 Å². The lowest BCUT2D eigenvalue weighted by molar-refractivity contribution is -0.0249. The second-order valence-electron chi connectivity index (χ2n) is 4.67. The van der Waals surface area contributed by atoms with Gasteiger partial charge in [0.25, 0.3) is 0 Å². The van der Waals surface area contributed by atoms with E-state index in [4.69, 9.17) is 9.84 Å². The van der Waals surface area contributed by atoms with Crippen LogP contribution in [0.3, 0.4) is 0 Å². The molecule has 0 amide bonds. The first-order valence-corrected chi connectivity index (χ1v) is 6.14. The number of benzene rings is 1. The molecule has 1 aliphatic heterocycles. The normalized spacial score (nSPS) is 15.1. The first kappa shape index (κ1) is 12.7. The van der Waals surface area contributed by atoms with Crippen molar-refractivity contribution in [3.05, 3.63) is 29.7 Å². The van der Waals surface area contributed by atoms with Crippen LogP contribution >= 0.6 is 0 Å². The highest BCUT2D eigenvalue weighted by Crippen LogP contribution is 2.19. The van der Waals surface area contributed by atoms with E-state index in [9.17, 15) is 9.18 Å². The van der Waals surface area contributed by atoms with Crippen LogP contribution in [0.15, 0.2) is 18.3 Å². The molecule has 104 valence electrons. The number of aromatic carboxylic acids is 1. The van der Waals surface area contributed by atoms with Crippen LogP contribution < -0.4 is 5.32 Å². The van der Waals surface area contributed by atoms with Crippen LogP contribution in [0.1, 0.15) is 10.4 Å². The van der Waals surface area contributed by atoms with Crippen LogP contribution in [0.4, 0.5) is 10.3 Å². The Morgan fingerprint density at radius 1 is 1.50 bits per heavy atom. The lowest BCUT2D eigenvalue weighted by Crippen LogP contribution is -2.33. The molecule has 2 heterocycles. The SMILES string of the molecule is O=C(O)c1cc(F)c2cnc(NCC3COC3)nc2c1. The maximum atomic E-state index is 13.7. The maximum absolute atomic E-state index is 13.7.